The van der Waals surface area contributed by atoms with Gasteiger partial charge in [0, 0.05) is 43.1 Å². The number of nitrogens with zero attached hydrogens (tertiary/aromatic N) is 4. The first-order chi connectivity index (χ1) is 30.8. The smallest absolute Gasteiger partial charge is 0.274 e. The molecule has 374 valence electrons. The topological polar surface area (TPSA) is 432 Å². The van der Waals surface area contributed by atoms with E-state index in [2.05, 4.69) is 43.5 Å². The van der Waals surface area contributed by atoms with Crippen LogP contribution in [0, 0.1) is 5.41 Å². The number of ketones is 1. The molecule has 0 radical (unpaired) electrons. The van der Waals surface area contributed by atoms with E-state index in [1.807, 2.05) is 0 Å². The molecule has 3 heterocycles. The summed E-state index contributed by atoms with van der Waals surface area (Å²) in [5.74, 6) is -2.71. The third-order valence-electron chi connectivity index (χ3n) is 9.67. The van der Waals surface area contributed by atoms with Crippen molar-refractivity contribution in [2.75, 3.05) is 37.8 Å². The van der Waals surface area contributed by atoms with Crippen molar-refractivity contribution in [3.8, 4) is 0 Å². The number of nitrogens with two attached hydrogens (primary N) is 1. The zero-order valence-corrected chi connectivity index (χ0v) is 39.4. The lowest BCUT2D eigenvalue weighted by Gasteiger charge is -2.36. The number of imidazole rings is 1. The number of hydrogen-bond acceptors (Lipinski definition) is 25. The highest BCUT2D eigenvalue weighted by atomic mass is 32.2. The summed E-state index contributed by atoms with van der Waals surface area (Å²) in [5.41, 5.74) is 4.01. The van der Waals surface area contributed by atoms with Crippen LogP contribution in [0.25, 0.3) is 11.2 Å². The van der Waals surface area contributed by atoms with Gasteiger partial charge in [0.25, 0.3) is 15.6 Å². The van der Waals surface area contributed by atoms with E-state index in [0.717, 1.165) is 67.5 Å². The molecule has 31 heteroatoms. The van der Waals surface area contributed by atoms with E-state index in [9.17, 15) is 72.6 Å². The van der Waals surface area contributed by atoms with E-state index in [1.54, 1.807) is 0 Å². The molecule has 1 aliphatic rings. The minimum absolute atomic E-state index is 0.0319. The molecule has 3 rings (SSSR count). The van der Waals surface area contributed by atoms with Gasteiger partial charge in [-0.2, -0.15) is 0 Å². The molecule has 27 nitrogen and oxygen atoms in total. The third kappa shape index (κ3) is 20.1. The van der Waals surface area contributed by atoms with Crippen LogP contribution in [0.3, 0.4) is 0 Å². The molecule has 2 aromatic rings. The molecule has 6 N–H and O–H groups in total. The number of carbonyl (C=O) groups is 5. The van der Waals surface area contributed by atoms with Crippen molar-refractivity contribution < 1.29 is 95.2 Å². The van der Waals surface area contributed by atoms with Crippen molar-refractivity contribution in [3.63, 3.8) is 0 Å². The van der Waals surface area contributed by atoms with Crippen molar-refractivity contribution in [2.24, 2.45) is 5.41 Å². The van der Waals surface area contributed by atoms with Gasteiger partial charge in [0.15, 0.2) is 22.8 Å². The molecule has 1 aliphatic heterocycles. The number of unbranched alkanes of at least 4 members (excludes halogenated alkanes) is 7. The average molecular weight is 1020 g/mol. The van der Waals surface area contributed by atoms with Crippen LogP contribution in [0.5, 0.6) is 0 Å². The Hall–Kier alpha value is -3.30. The van der Waals surface area contributed by atoms with Crippen LogP contribution < -0.4 is 41.0 Å². The fraction of sp³-hybridized carbons (Fsp3) is 0.714. The number of hydrogen-bond donors (Lipinski definition) is 5. The number of carboxylic acid groups (broad SMARTS) is 1. The van der Waals surface area contributed by atoms with E-state index in [0.29, 0.717) is 12.8 Å². The van der Waals surface area contributed by atoms with Gasteiger partial charge in [0.1, 0.15) is 42.0 Å². The number of nitrogens with one attached hydrogen (secondary N) is 2. The van der Waals surface area contributed by atoms with Crippen LogP contribution in [0.1, 0.15) is 97.1 Å². The van der Waals surface area contributed by atoms with Gasteiger partial charge in [-0.25, -0.2) is 19.3 Å². The van der Waals surface area contributed by atoms with Crippen LogP contribution in [0.4, 0.5) is 5.82 Å². The van der Waals surface area contributed by atoms with Crippen molar-refractivity contribution in [1.29, 1.82) is 0 Å². The molecule has 0 aliphatic carbocycles. The summed E-state index contributed by atoms with van der Waals surface area (Å²) in [6.45, 7) is -0.165. The molecular weight excluding hydrogens is 963 g/mol. The maximum absolute atomic E-state index is 12.6. The third-order valence-corrected chi connectivity index (χ3v) is 13.6. The summed E-state index contributed by atoms with van der Waals surface area (Å²) < 4.78 is 60.6. The first-order valence-electron chi connectivity index (χ1n) is 20.5. The molecule has 0 aromatic carbocycles. The van der Waals surface area contributed by atoms with Gasteiger partial charge in [0.05, 0.1) is 33.8 Å². The lowest BCUT2D eigenvalue weighted by Crippen LogP contribution is -2.46. The second-order valence-corrected chi connectivity index (χ2v) is 20.8. The number of fused-ring (bicyclic) bond motifs is 1. The second kappa shape index (κ2) is 26.5. The SMILES string of the molecule is CC(C)(COP(=O)([O-])OP(=O)([O-])OC[C@H]1O[C@@H](n2cnc3c(N)ncnc32)[C@H](O)[C@@H]1OP(=O)([O-])[O-])[C@@H](O)C(=O)NCCC(=O)NCCSC(=O)CC(=O)CCCCCCCCCCC(=O)[O-]. The Bertz CT molecular complexity index is 2110. The summed E-state index contributed by atoms with van der Waals surface area (Å²) in [5, 5.41) is 36.3. The lowest BCUT2D eigenvalue weighted by molar-refractivity contribution is -0.347. The van der Waals surface area contributed by atoms with Crippen LogP contribution in [-0.4, -0.2) is 115 Å². The quantitative estimate of drug-likeness (QED) is 0.0293. The molecule has 0 bridgehead atoms. The monoisotopic (exact) mass is 1020 g/mol. The number of thioether (sulfide) groups is 1. The number of carboxylic acids is 1. The first kappa shape index (κ1) is 57.0. The van der Waals surface area contributed by atoms with Crippen LogP contribution in [-0.2, 0) is 60.3 Å². The Morgan fingerprint density at radius 1 is 0.909 bits per heavy atom. The number of Topliss-reactive ketones (excluding diaryl/α,β-unsaturated/α-hetero) is 1. The number of amides is 2. The van der Waals surface area contributed by atoms with Gasteiger partial charge in [-0.15, -0.1) is 0 Å². The Kier molecular flexibility index (Phi) is 22.9. The van der Waals surface area contributed by atoms with E-state index in [1.165, 1.54) is 13.8 Å². The molecule has 1 saturated heterocycles. The van der Waals surface area contributed by atoms with E-state index < -0.39 is 90.5 Å². The second-order valence-electron chi connectivity index (χ2n) is 15.6. The van der Waals surface area contributed by atoms with Crippen molar-refractivity contribution in [1.82, 2.24) is 30.2 Å². The van der Waals surface area contributed by atoms with Crippen LogP contribution >= 0.6 is 35.2 Å². The molecular formula is C35H53N7O20P3S-5. The number of carbonyl (C=O) groups excluding carboxylic acids is 5. The minimum Gasteiger partial charge on any atom is -0.790 e. The predicted molar refractivity (Wildman–Crippen MR) is 219 cm³/mol. The number of ether oxygens (including phenoxy) is 1. The summed E-state index contributed by atoms with van der Waals surface area (Å²) in [4.78, 5) is 119. The van der Waals surface area contributed by atoms with Crippen molar-refractivity contribution >= 4 is 80.9 Å². The largest absolute Gasteiger partial charge is 0.790 e. The Labute approximate surface area is 382 Å². The summed E-state index contributed by atoms with van der Waals surface area (Å²) >= 11 is 0.884. The van der Waals surface area contributed by atoms with Gasteiger partial charge < -0.3 is 78.9 Å². The number of aliphatic hydroxyl groups excluding tert-OH is 2. The standard InChI is InChI=1S/C35H58N7O20P3S/c1-35(2,30(49)33(50)38-14-13-24(44)37-15-16-66-26(47)17-22(43)11-9-7-5-3-4-6-8-10-12-25(45)46)19-59-65(56,57)62-64(54,55)58-18-23-29(61-63(51,52)53)28(48)34(60-23)42-21-41-27-31(36)39-20-40-32(27)42/h20-21,23,28-30,34,48-49H,3-19H2,1-2H3,(H,37,44)(H,38,50)(H,45,46)(H,54,55)(H,56,57)(H2,36,39,40)(H2,51,52,53)/p-5/t23-,28-,29-,30+,34-/m1/s1. The van der Waals surface area contributed by atoms with Gasteiger partial charge >= 0.3 is 0 Å². The lowest BCUT2D eigenvalue weighted by atomic mass is 9.87. The van der Waals surface area contributed by atoms with Crippen LogP contribution in [0.15, 0.2) is 12.7 Å². The van der Waals surface area contributed by atoms with E-state index >= 15 is 0 Å². The normalized spacial score (nSPS) is 20.1. The van der Waals surface area contributed by atoms with Crippen molar-refractivity contribution in [3.05, 3.63) is 12.7 Å². The highest BCUT2D eigenvalue weighted by molar-refractivity contribution is 8.13. The average Bonchev–Trinajstić information content (AvgIpc) is 3.78. The summed E-state index contributed by atoms with van der Waals surface area (Å²) in [6, 6.07) is 0. The van der Waals surface area contributed by atoms with Gasteiger partial charge in [-0.3, -0.25) is 32.9 Å². The Morgan fingerprint density at radius 2 is 1.53 bits per heavy atom. The van der Waals surface area contributed by atoms with Gasteiger partial charge in [0.2, 0.25) is 11.8 Å². The molecule has 66 heavy (non-hydrogen) atoms. The number of nitrogen functional groups attached to an aromatic ring is 1. The first-order valence-corrected chi connectivity index (χ1v) is 25.9. The fourth-order valence-electron chi connectivity index (χ4n) is 6.22. The Balaban J connectivity index is 1.34. The highest BCUT2D eigenvalue weighted by Gasteiger charge is 2.47. The number of aliphatic hydroxyl groups is 2. The zero-order chi connectivity index (χ0) is 49.3. The van der Waals surface area contributed by atoms with E-state index in [4.69, 9.17) is 10.5 Å². The molecule has 0 spiro atoms. The number of phosphoric ester groups is 3. The Morgan fingerprint density at radius 3 is 2.17 bits per heavy atom. The summed E-state index contributed by atoms with van der Waals surface area (Å²) in [6.07, 6.45) is -0.868. The van der Waals surface area contributed by atoms with Crippen LogP contribution in [0.2, 0.25) is 0 Å². The predicted octanol–water partition coefficient (Wildman–Crippen LogP) is -2.25. The molecule has 2 unspecified atom stereocenters. The van der Waals surface area contributed by atoms with Gasteiger partial charge in [-0.1, -0.05) is 64.1 Å². The molecule has 7 atom stereocenters. The maximum atomic E-state index is 12.6. The number of phosphoric acid groups is 3. The van der Waals surface area contributed by atoms with Crippen molar-refractivity contribution in [2.45, 2.75) is 122 Å². The minimum atomic E-state index is -5.94. The maximum Gasteiger partial charge on any atom is 0.274 e. The number of rotatable bonds is 32. The van der Waals surface area contributed by atoms with Gasteiger partial charge in [-0.05, 0) is 19.3 Å². The number of anilines is 1. The van der Waals surface area contributed by atoms with E-state index in [-0.39, 0.29) is 72.4 Å². The molecule has 2 aromatic heterocycles. The summed E-state index contributed by atoms with van der Waals surface area (Å²) in [7, 11) is -17.7. The molecule has 2 amide bonds. The highest BCUT2D eigenvalue weighted by Crippen LogP contribution is 2.56. The number of aliphatic carboxylic acids is 1. The zero-order valence-electron chi connectivity index (χ0n) is 35.9. The fourth-order valence-corrected chi connectivity index (χ4v) is 9.66. The number of aromatic nitrogens is 4. The molecule has 0 saturated carbocycles. The molecule has 1 fully saturated rings.